The van der Waals surface area contributed by atoms with E-state index in [9.17, 15) is 0 Å². The van der Waals surface area contributed by atoms with E-state index in [0.29, 0.717) is 39.9 Å². The van der Waals surface area contributed by atoms with Crippen LogP contribution < -0.4 is 0 Å². The van der Waals surface area contributed by atoms with Gasteiger partial charge in [-0.25, -0.2) is 9.97 Å². The molecule has 0 atom stereocenters. The van der Waals surface area contributed by atoms with Crippen LogP contribution in [0.4, 0.5) is 0 Å². The minimum Gasteiger partial charge on any atom is -0.462 e. The summed E-state index contributed by atoms with van der Waals surface area (Å²) in [6.45, 7) is 0. The third-order valence-corrected chi connectivity index (χ3v) is 7.65. The topological polar surface area (TPSA) is 90.5 Å². The number of fused-ring (bicyclic) bond motifs is 11. The van der Waals surface area contributed by atoms with Crippen LogP contribution in [0.25, 0.3) is 76.9 Å². The van der Waals surface area contributed by atoms with Crippen molar-refractivity contribution in [2.75, 3.05) is 0 Å². The lowest BCUT2D eigenvalue weighted by atomic mass is 9.98. The SMILES string of the molecule is c1ccc2c(c1)sc1c(-c3cnc4c(n3)-c3nccnc3-c3nccnc3-c3ccoc3-4)cccc12. The number of rotatable bonds is 1. The fourth-order valence-corrected chi connectivity index (χ4v) is 6.10. The lowest BCUT2D eigenvalue weighted by molar-refractivity contribution is 0.580. The van der Waals surface area contributed by atoms with Crippen LogP contribution in [0.2, 0.25) is 0 Å². The summed E-state index contributed by atoms with van der Waals surface area (Å²) in [5.41, 5.74) is 6.29. The summed E-state index contributed by atoms with van der Waals surface area (Å²) in [7, 11) is 0. The summed E-state index contributed by atoms with van der Waals surface area (Å²) in [5.74, 6) is 0.585. The number of furan rings is 1. The molecule has 5 heterocycles. The third-order valence-electron chi connectivity index (χ3n) is 6.43. The molecule has 0 amide bonds. The highest BCUT2D eigenvalue weighted by atomic mass is 32.1. The molecule has 5 aromatic heterocycles. The maximum Gasteiger partial charge on any atom is 0.164 e. The predicted molar refractivity (Wildman–Crippen MR) is 139 cm³/mol. The molecule has 0 aliphatic heterocycles. The summed E-state index contributed by atoms with van der Waals surface area (Å²) < 4.78 is 8.34. The Hall–Kier alpha value is -4.82. The van der Waals surface area contributed by atoms with Crippen molar-refractivity contribution in [2.45, 2.75) is 0 Å². The van der Waals surface area contributed by atoms with Crippen molar-refractivity contribution in [1.29, 1.82) is 0 Å². The lowest BCUT2D eigenvalue weighted by Gasteiger charge is -2.16. The van der Waals surface area contributed by atoms with Crippen molar-refractivity contribution in [3.63, 3.8) is 0 Å². The van der Waals surface area contributed by atoms with E-state index in [-0.39, 0.29) is 0 Å². The summed E-state index contributed by atoms with van der Waals surface area (Å²) >= 11 is 1.76. The van der Waals surface area contributed by atoms with Crippen molar-refractivity contribution in [3.05, 3.63) is 85.8 Å². The van der Waals surface area contributed by atoms with Crippen LogP contribution >= 0.6 is 11.3 Å². The monoisotopic (exact) mass is 482 g/mol. The van der Waals surface area contributed by atoms with Crippen LogP contribution in [-0.4, -0.2) is 29.9 Å². The molecule has 1 aliphatic rings. The van der Waals surface area contributed by atoms with E-state index in [1.807, 2.05) is 6.07 Å². The smallest absolute Gasteiger partial charge is 0.164 e. The van der Waals surface area contributed by atoms with E-state index >= 15 is 0 Å². The van der Waals surface area contributed by atoms with Gasteiger partial charge in [-0.15, -0.1) is 11.3 Å². The third kappa shape index (κ3) is 2.67. The maximum absolute atomic E-state index is 5.93. The van der Waals surface area contributed by atoms with Gasteiger partial charge in [-0.2, -0.15) is 0 Å². The second kappa shape index (κ2) is 7.34. The molecular weight excluding hydrogens is 468 g/mol. The Balaban J connectivity index is 1.44. The number of aromatic nitrogens is 6. The number of hydrogen-bond donors (Lipinski definition) is 0. The average molecular weight is 483 g/mol. The van der Waals surface area contributed by atoms with Crippen molar-refractivity contribution >= 4 is 31.5 Å². The van der Waals surface area contributed by atoms with Gasteiger partial charge < -0.3 is 4.42 Å². The largest absolute Gasteiger partial charge is 0.462 e. The van der Waals surface area contributed by atoms with E-state index < -0.39 is 0 Å². The molecule has 8 rings (SSSR count). The maximum atomic E-state index is 5.93. The summed E-state index contributed by atoms with van der Waals surface area (Å²) in [6, 6.07) is 16.6. The van der Waals surface area contributed by atoms with Gasteiger partial charge in [-0.3, -0.25) is 19.9 Å². The van der Waals surface area contributed by atoms with Crippen molar-refractivity contribution < 1.29 is 4.42 Å². The molecule has 0 bridgehead atoms. The quantitative estimate of drug-likeness (QED) is 0.258. The van der Waals surface area contributed by atoms with Gasteiger partial charge in [-0.05, 0) is 12.1 Å². The van der Waals surface area contributed by atoms with Gasteiger partial charge >= 0.3 is 0 Å². The standard InChI is InChI=1S/C28H14N6OS/c1-2-7-20-15(4-1)16-5-3-6-17(28(16)36-20)19-14-33-26-25(34-19)24-23(31-11-12-32-24)22-21(29-9-10-30-22)18-8-13-35-27(18)26/h1-14H. The molecular formula is C28H14N6OS. The van der Waals surface area contributed by atoms with E-state index in [1.165, 1.54) is 20.2 Å². The van der Waals surface area contributed by atoms with E-state index in [2.05, 4.69) is 62.4 Å². The zero-order chi connectivity index (χ0) is 23.6. The summed E-state index contributed by atoms with van der Waals surface area (Å²) in [4.78, 5) is 28.5. The Kier molecular flexibility index (Phi) is 3.97. The fourth-order valence-electron chi connectivity index (χ4n) is 4.87. The predicted octanol–water partition coefficient (Wildman–Crippen LogP) is 6.67. The molecule has 1 aliphatic carbocycles. The Bertz CT molecular complexity index is 1970. The second-order valence-corrected chi connectivity index (χ2v) is 9.46. The van der Waals surface area contributed by atoms with E-state index in [4.69, 9.17) is 14.4 Å². The van der Waals surface area contributed by atoms with Crippen LogP contribution in [0.5, 0.6) is 0 Å². The first-order valence-corrected chi connectivity index (χ1v) is 12.2. The Labute approximate surface area is 208 Å². The Morgan fingerprint density at radius 3 is 2.17 bits per heavy atom. The molecule has 0 fully saturated rings. The van der Waals surface area contributed by atoms with Gasteiger partial charge in [0, 0.05) is 50.5 Å². The van der Waals surface area contributed by atoms with Crippen molar-refractivity contribution in [1.82, 2.24) is 29.9 Å². The van der Waals surface area contributed by atoms with Crippen LogP contribution in [0.1, 0.15) is 0 Å². The highest BCUT2D eigenvalue weighted by Gasteiger charge is 2.29. The average Bonchev–Trinajstić information content (AvgIpc) is 3.57. The van der Waals surface area contributed by atoms with Gasteiger partial charge in [0.15, 0.2) is 5.76 Å². The molecule has 168 valence electrons. The number of hydrogen-bond acceptors (Lipinski definition) is 8. The normalized spacial score (nSPS) is 11.9. The van der Waals surface area contributed by atoms with Crippen LogP contribution in [0.3, 0.4) is 0 Å². The molecule has 7 nitrogen and oxygen atoms in total. The van der Waals surface area contributed by atoms with Crippen molar-refractivity contribution in [3.8, 4) is 56.7 Å². The highest BCUT2D eigenvalue weighted by molar-refractivity contribution is 7.26. The molecule has 2 aromatic carbocycles. The Morgan fingerprint density at radius 1 is 0.583 bits per heavy atom. The van der Waals surface area contributed by atoms with Gasteiger partial charge in [-0.1, -0.05) is 36.4 Å². The summed E-state index contributed by atoms with van der Waals surface area (Å²) in [5, 5.41) is 2.45. The van der Waals surface area contributed by atoms with Crippen molar-refractivity contribution in [2.24, 2.45) is 0 Å². The molecule has 0 N–H and O–H groups in total. The molecule has 36 heavy (non-hydrogen) atoms. The minimum absolute atomic E-state index is 0.585. The highest BCUT2D eigenvalue weighted by Crippen LogP contribution is 2.45. The Morgan fingerprint density at radius 2 is 1.31 bits per heavy atom. The molecule has 0 radical (unpaired) electrons. The molecule has 0 saturated heterocycles. The van der Waals surface area contributed by atoms with Gasteiger partial charge in [0.2, 0.25) is 0 Å². The van der Waals surface area contributed by atoms with E-state index in [0.717, 1.165) is 16.8 Å². The van der Waals surface area contributed by atoms with Crippen LogP contribution in [-0.2, 0) is 0 Å². The van der Waals surface area contributed by atoms with Gasteiger partial charge in [0.05, 0.1) is 23.7 Å². The molecule has 0 saturated carbocycles. The molecule has 0 unspecified atom stereocenters. The first kappa shape index (κ1) is 19.5. The van der Waals surface area contributed by atoms with Gasteiger partial charge in [0.25, 0.3) is 0 Å². The zero-order valence-corrected chi connectivity index (χ0v) is 19.4. The molecule has 0 spiro atoms. The molecule has 7 aromatic rings. The number of thiophene rings is 1. The first-order valence-electron chi connectivity index (χ1n) is 11.4. The first-order chi connectivity index (χ1) is 17.9. The van der Waals surface area contributed by atoms with Crippen LogP contribution in [0.15, 0.2) is 90.2 Å². The molecule has 8 heteroatoms. The fraction of sp³-hybridized carbons (Fsp3) is 0. The van der Waals surface area contributed by atoms with Gasteiger partial charge in [0.1, 0.15) is 34.2 Å². The van der Waals surface area contributed by atoms with E-state index in [1.54, 1.807) is 48.6 Å². The van der Waals surface area contributed by atoms with Crippen LogP contribution in [0, 0.1) is 0 Å². The summed E-state index contributed by atoms with van der Waals surface area (Å²) in [6.07, 6.45) is 10.1. The minimum atomic E-state index is 0.585. The number of benzene rings is 2. The number of nitrogens with zero attached hydrogens (tertiary/aromatic N) is 6. The zero-order valence-electron chi connectivity index (χ0n) is 18.6. The lowest BCUT2D eigenvalue weighted by Crippen LogP contribution is -2.05. The second-order valence-electron chi connectivity index (χ2n) is 8.40.